The van der Waals surface area contributed by atoms with Crippen molar-refractivity contribution in [1.82, 2.24) is 4.90 Å². The van der Waals surface area contributed by atoms with Gasteiger partial charge in [-0.1, -0.05) is 25.5 Å². The maximum atomic E-state index is 6.06. The van der Waals surface area contributed by atoms with E-state index in [0.29, 0.717) is 5.96 Å². The minimum Gasteiger partial charge on any atom is -0.378 e. The molecule has 0 bridgehead atoms. The van der Waals surface area contributed by atoms with Crippen molar-refractivity contribution in [2.24, 2.45) is 16.1 Å². The van der Waals surface area contributed by atoms with E-state index < -0.39 is 0 Å². The predicted octanol–water partition coefficient (Wildman–Crippen LogP) is 1.77. The van der Waals surface area contributed by atoms with Gasteiger partial charge in [0.2, 0.25) is 0 Å². The molecule has 0 amide bonds. The van der Waals surface area contributed by atoms with Crippen LogP contribution in [-0.2, 0) is 4.74 Å². The topological polar surface area (TPSA) is 50.8 Å². The Morgan fingerprint density at radius 3 is 2.78 bits per heavy atom. The van der Waals surface area contributed by atoms with Gasteiger partial charge in [-0.3, -0.25) is 4.99 Å². The van der Waals surface area contributed by atoms with Crippen molar-refractivity contribution in [1.29, 1.82) is 0 Å². The van der Waals surface area contributed by atoms with Gasteiger partial charge in [-0.15, -0.1) is 0 Å². The molecule has 1 heterocycles. The Bertz CT molecular complexity index is 341. The van der Waals surface area contributed by atoms with Crippen LogP contribution in [0.2, 0.25) is 0 Å². The quantitative estimate of drug-likeness (QED) is 0.472. The lowest BCUT2D eigenvalue weighted by Crippen LogP contribution is -2.45. The van der Waals surface area contributed by atoms with Crippen LogP contribution in [0.4, 0.5) is 0 Å². The number of nitrogens with two attached hydrogens (primary N) is 1. The largest absolute Gasteiger partial charge is 0.378 e. The summed E-state index contributed by atoms with van der Waals surface area (Å²) in [6.45, 7) is 8.54. The number of hydrogen-bond acceptors (Lipinski definition) is 2. The molecule has 102 valence electrons. The summed E-state index contributed by atoms with van der Waals surface area (Å²) in [5.74, 6) is 0.671. The molecule has 18 heavy (non-hydrogen) atoms. The third-order valence-electron chi connectivity index (χ3n) is 3.88. The van der Waals surface area contributed by atoms with Gasteiger partial charge in [0.25, 0.3) is 0 Å². The zero-order valence-corrected chi connectivity index (χ0v) is 11.6. The molecule has 4 heteroatoms. The number of hydrogen-bond donors (Lipinski definition) is 1. The molecule has 1 aliphatic carbocycles. The highest BCUT2D eigenvalue weighted by Crippen LogP contribution is 2.34. The summed E-state index contributed by atoms with van der Waals surface area (Å²) in [6.07, 6.45) is 6.11. The van der Waals surface area contributed by atoms with E-state index in [-0.39, 0.29) is 5.41 Å². The second-order valence-electron chi connectivity index (χ2n) is 5.78. The molecule has 0 unspecified atom stereocenters. The highest BCUT2D eigenvalue weighted by Gasteiger charge is 2.25. The second kappa shape index (κ2) is 5.74. The van der Waals surface area contributed by atoms with E-state index in [1.165, 1.54) is 19.3 Å². The van der Waals surface area contributed by atoms with Crippen molar-refractivity contribution in [3.05, 3.63) is 11.6 Å². The van der Waals surface area contributed by atoms with E-state index in [1.807, 2.05) is 0 Å². The van der Waals surface area contributed by atoms with Crippen LogP contribution in [0.5, 0.6) is 0 Å². The number of ether oxygens (including phenoxy) is 1. The maximum Gasteiger partial charge on any atom is 0.191 e. The second-order valence-corrected chi connectivity index (χ2v) is 5.78. The van der Waals surface area contributed by atoms with Crippen molar-refractivity contribution < 1.29 is 4.74 Å². The first-order valence-electron chi connectivity index (χ1n) is 6.92. The van der Waals surface area contributed by atoms with Crippen molar-refractivity contribution in [3.63, 3.8) is 0 Å². The first-order chi connectivity index (χ1) is 8.59. The average Bonchev–Trinajstić information content (AvgIpc) is 2.92. The third-order valence-corrected chi connectivity index (χ3v) is 3.88. The number of nitrogens with zero attached hydrogens (tertiary/aromatic N) is 2. The molecule has 2 N–H and O–H groups in total. The SMILES string of the molecule is CC(C)(CN=C(N)N1CCOCC1)C1=CCCC1. The Morgan fingerprint density at radius 2 is 2.17 bits per heavy atom. The standard InChI is InChI=1S/C14H25N3O/c1-14(2,12-5-3-4-6-12)11-16-13(15)17-7-9-18-10-8-17/h5H,3-4,6-11H2,1-2H3,(H2,15,16). The summed E-state index contributed by atoms with van der Waals surface area (Å²) >= 11 is 0. The molecule has 2 rings (SSSR count). The zero-order chi connectivity index (χ0) is 13.0. The highest BCUT2D eigenvalue weighted by molar-refractivity contribution is 5.78. The average molecular weight is 251 g/mol. The minimum atomic E-state index is 0.146. The predicted molar refractivity (Wildman–Crippen MR) is 74.6 cm³/mol. The lowest BCUT2D eigenvalue weighted by molar-refractivity contribution is 0.0673. The molecule has 1 saturated heterocycles. The van der Waals surface area contributed by atoms with Gasteiger partial charge in [-0.2, -0.15) is 0 Å². The molecular weight excluding hydrogens is 226 g/mol. The van der Waals surface area contributed by atoms with Crippen LogP contribution in [0.3, 0.4) is 0 Å². The van der Waals surface area contributed by atoms with Crippen LogP contribution in [0, 0.1) is 5.41 Å². The van der Waals surface area contributed by atoms with E-state index in [1.54, 1.807) is 5.57 Å². The molecule has 1 aliphatic heterocycles. The van der Waals surface area contributed by atoms with Gasteiger partial charge in [0.15, 0.2) is 5.96 Å². The number of aliphatic imine (C=N–C) groups is 1. The zero-order valence-electron chi connectivity index (χ0n) is 11.6. The Kier molecular flexibility index (Phi) is 4.27. The van der Waals surface area contributed by atoms with Gasteiger partial charge in [-0.25, -0.2) is 0 Å². The van der Waals surface area contributed by atoms with Gasteiger partial charge in [0.1, 0.15) is 0 Å². The maximum absolute atomic E-state index is 6.06. The molecule has 0 aromatic carbocycles. The van der Waals surface area contributed by atoms with Gasteiger partial charge in [0, 0.05) is 18.5 Å². The lowest BCUT2D eigenvalue weighted by Gasteiger charge is -2.29. The molecule has 0 spiro atoms. The summed E-state index contributed by atoms with van der Waals surface area (Å²) in [5, 5.41) is 0. The van der Waals surface area contributed by atoms with Crippen LogP contribution in [0.15, 0.2) is 16.6 Å². The fourth-order valence-corrected chi connectivity index (χ4v) is 2.56. The fourth-order valence-electron chi connectivity index (χ4n) is 2.56. The van der Waals surface area contributed by atoms with Crippen LogP contribution in [0.1, 0.15) is 33.1 Å². The Labute approximate surface area is 110 Å². The third kappa shape index (κ3) is 3.25. The van der Waals surface area contributed by atoms with E-state index in [9.17, 15) is 0 Å². The van der Waals surface area contributed by atoms with Gasteiger partial charge < -0.3 is 15.4 Å². The molecule has 4 nitrogen and oxygen atoms in total. The number of allylic oxidation sites excluding steroid dienone is 1. The number of guanidine groups is 1. The molecule has 0 aromatic heterocycles. The monoisotopic (exact) mass is 251 g/mol. The van der Waals surface area contributed by atoms with Crippen LogP contribution in [0.25, 0.3) is 0 Å². The van der Waals surface area contributed by atoms with Crippen LogP contribution in [-0.4, -0.2) is 43.7 Å². The summed E-state index contributed by atoms with van der Waals surface area (Å²) in [4.78, 5) is 6.70. The normalized spacial score (nSPS) is 22.2. The molecule has 0 aromatic rings. The highest BCUT2D eigenvalue weighted by atomic mass is 16.5. The van der Waals surface area contributed by atoms with E-state index >= 15 is 0 Å². The van der Waals surface area contributed by atoms with Crippen molar-refractivity contribution in [2.75, 3.05) is 32.8 Å². The minimum absolute atomic E-state index is 0.146. The number of rotatable bonds is 3. The van der Waals surface area contributed by atoms with E-state index in [0.717, 1.165) is 32.8 Å². The van der Waals surface area contributed by atoms with Crippen molar-refractivity contribution in [2.45, 2.75) is 33.1 Å². The van der Waals surface area contributed by atoms with Crippen LogP contribution >= 0.6 is 0 Å². The molecule has 2 aliphatic rings. The van der Waals surface area contributed by atoms with Crippen molar-refractivity contribution >= 4 is 5.96 Å². The van der Waals surface area contributed by atoms with Crippen molar-refractivity contribution in [3.8, 4) is 0 Å². The molecule has 1 fully saturated rings. The molecule has 0 radical (unpaired) electrons. The van der Waals surface area contributed by atoms with Gasteiger partial charge in [-0.05, 0) is 19.3 Å². The lowest BCUT2D eigenvalue weighted by atomic mass is 9.84. The van der Waals surface area contributed by atoms with E-state index in [4.69, 9.17) is 10.5 Å². The van der Waals surface area contributed by atoms with Gasteiger partial charge >= 0.3 is 0 Å². The van der Waals surface area contributed by atoms with Gasteiger partial charge in [0.05, 0.1) is 19.8 Å². The van der Waals surface area contributed by atoms with E-state index in [2.05, 4.69) is 29.8 Å². The van der Waals surface area contributed by atoms with Crippen LogP contribution < -0.4 is 5.73 Å². The first-order valence-corrected chi connectivity index (χ1v) is 6.92. The summed E-state index contributed by atoms with van der Waals surface area (Å²) in [5.41, 5.74) is 7.74. The first kappa shape index (κ1) is 13.4. The smallest absolute Gasteiger partial charge is 0.191 e. The Balaban J connectivity index is 1.91. The fraction of sp³-hybridized carbons (Fsp3) is 0.786. The summed E-state index contributed by atoms with van der Waals surface area (Å²) in [7, 11) is 0. The molecular formula is C14H25N3O. The molecule has 0 atom stereocenters. The summed E-state index contributed by atoms with van der Waals surface area (Å²) < 4.78 is 5.32. The molecule has 0 saturated carbocycles. The number of morpholine rings is 1. The Hall–Kier alpha value is -1.03. The summed E-state index contributed by atoms with van der Waals surface area (Å²) in [6, 6.07) is 0. The Morgan fingerprint density at radius 1 is 1.44 bits per heavy atom.